The van der Waals surface area contributed by atoms with Crippen LogP contribution >= 0.6 is 11.6 Å². The van der Waals surface area contributed by atoms with Crippen LogP contribution in [0.2, 0.25) is 0 Å². The topological polar surface area (TPSA) is 56.0 Å². The monoisotopic (exact) mass is 290 g/mol. The van der Waals surface area contributed by atoms with E-state index in [4.69, 9.17) is 17.3 Å². The van der Waals surface area contributed by atoms with Crippen LogP contribution in [-0.2, 0) is 5.41 Å². The third-order valence-corrected chi connectivity index (χ3v) is 3.78. The van der Waals surface area contributed by atoms with Crippen LogP contribution in [0.25, 0.3) is 0 Å². The smallest absolute Gasteiger partial charge is 0.270 e. The highest BCUT2D eigenvalue weighted by molar-refractivity contribution is 6.18. The van der Waals surface area contributed by atoms with Gasteiger partial charge >= 0.3 is 0 Å². The number of nitrogens with zero attached hydrogens (tertiary/aromatic N) is 1. The van der Waals surface area contributed by atoms with Gasteiger partial charge in [-0.2, -0.15) is 0 Å². The molecule has 19 heavy (non-hydrogen) atoms. The molecule has 6 heteroatoms. The summed E-state index contributed by atoms with van der Waals surface area (Å²) in [4.78, 5) is 14.5. The van der Waals surface area contributed by atoms with Gasteiger partial charge in [0.15, 0.2) is 11.5 Å². The molecule has 1 aromatic heterocycles. The van der Waals surface area contributed by atoms with E-state index in [0.717, 1.165) is 19.0 Å². The summed E-state index contributed by atoms with van der Waals surface area (Å²) >= 11 is 5.88. The van der Waals surface area contributed by atoms with Crippen molar-refractivity contribution < 1.29 is 13.6 Å². The Morgan fingerprint density at radius 2 is 2.16 bits per heavy atom. The number of unbranched alkanes of at least 4 members (excludes halogenated alkanes) is 1. The first kappa shape index (κ1) is 15.8. The molecule has 0 bridgehead atoms. The van der Waals surface area contributed by atoms with Crippen molar-refractivity contribution in [3.63, 3.8) is 0 Å². The molecule has 0 radical (unpaired) electrons. The first-order valence-electron chi connectivity index (χ1n) is 6.07. The van der Waals surface area contributed by atoms with Crippen molar-refractivity contribution in [1.82, 2.24) is 4.98 Å². The highest BCUT2D eigenvalue weighted by Gasteiger charge is 2.34. The fraction of sp³-hybridized carbons (Fsp3) is 0.538. The molecule has 1 amide bonds. The molecule has 1 atom stereocenters. The van der Waals surface area contributed by atoms with Crippen LogP contribution in [0.15, 0.2) is 6.20 Å². The third-order valence-electron chi connectivity index (χ3n) is 3.19. The highest BCUT2D eigenvalue weighted by atomic mass is 35.5. The van der Waals surface area contributed by atoms with Crippen molar-refractivity contribution in [2.75, 3.05) is 5.88 Å². The zero-order chi connectivity index (χ0) is 14.6. The van der Waals surface area contributed by atoms with E-state index in [1.165, 1.54) is 0 Å². The fourth-order valence-corrected chi connectivity index (χ4v) is 2.28. The maximum atomic E-state index is 14.2. The van der Waals surface area contributed by atoms with Crippen molar-refractivity contribution in [1.29, 1.82) is 0 Å². The van der Waals surface area contributed by atoms with Crippen molar-refractivity contribution >= 4 is 17.5 Å². The largest absolute Gasteiger partial charge is 0.364 e. The van der Waals surface area contributed by atoms with Gasteiger partial charge in [0.1, 0.15) is 5.82 Å². The summed E-state index contributed by atoms with van der Waals surface area (Å²) in [5, 5.41) is 0. The van der Waals surface area contributed by atoms with Crippen LogP contribution in [-0.4, -0.2) is 16.8 Å². The lowest BCUT2D eigenvalue weighted by Gasteiger charge is -2.28. The number of carbonyl (C=O) groups excluding carboxylic acids is 1. The Morgan fingerprint density at radius 3 is 2.63 bits per heavy atom. The number of alkyl halides is 1. The van der Waals surface area contributed by atoms with Crippen LogP contribution in [0.1, 0.15) is 49.2 Å². The Labute approximate surface area is 116 Å². The lowest BCUT2D eigenvalue weighted by atomic mass is 9.79. The van der Waals surface area contributed by atoms with E-state index in [1.807, 2.05) is 6.92 Å². The van der Waals surface area contributed by atoms with Gasteiger partial charge in [-0.3, -0.25) is 4.79 Å². The summed E-state index contributed by atoms with van der Waals surface area (Å²) < 4.78 is 28.1. The molecule has 3 nitrogen and oxygen atoms in total. The Morgan fingerprint density at radius 1 is 1.53 bits per heavy atom. The second-order valence-electron chi connectivity index (χ2n) is 4.81. The van der Waals surface area contributed by atoms with Gasteiger partial charge in [0.05, 0.1) is 6.20 Å². The van der Waals surface area contributed by atoms with Gasteiger partial charge in [0.25, 0.3) is 5.91 Å². The minimum Gasteiger partial charge on any atom is -0.364 e. The number of aromatic nitrogens is 1. The second kappa shape index (κ2) is 6.28. The van der Waals surface area contributed by atoms with Crippen LogP contribution in [0, 0.1) is 11.6 Å². The number of hydrogen-bond acceptors (Lipinski definition) is 2. The van der Waals surface area contributed by atoms with E-state index >= 15 is 0 Å². The number of primary amides is 1. The number of pyridine rings is 1. The number of nitrogens with two attached hydrogens (primary N) is 1. The molecule has 106 valence electrons. The average molecular weight is 291 g/mol. The molecule has 0 aliphatic rings. The maximum absolute atomic E-state index is 14.2. The lowest BCUT2D eigenvalue weighted by molar-refractivity contribution is 0.0990. The summed E-state index contributed by atoms with van der Waals surface area (Å²) in [5.41, 5.74) is 3.37. The van der Waals surface area contributed by atoms with Crippen molar-refractivity contribution in [2.45, 2.75) is 38.5 Å². The number of carbonyl (C=O) groups is 1. The first-order valence-corrected chi connectivity index (χ1v) is 6.61. The third kappa shape index (κ3) is 3.21. The van der Waals surface area contributed by atoms with Gasteiger partial charge in [-0.15, -0.1) is 11.6 Å². The predicted octanol–water partition coefficient (Wildman–Crippen LogP) is 3.15. The first-order chi connectivity index (χ1) is 8.87. The zero-order valence-electron chi connectivity index (χ0n) is 11.0. The minimum absolute atomic E-state index is 0.0447. The van der Waals surface area contributed by atoms with Gasteiger partial charge in [-0.05, 0) is 6.42 Å². The molecule has 0 saturated heterocycles. The van der Waals surface area contributed by atoms with E-state index in [-0.39, 0.29) is 11.4 Å². The molecule has 0 aliphatic heterocycles. The quantitative estimate of drug-likeness (QED) is 0.818. The standard InChI is InChI=1S/C13H17ClF2N2O/c1-3-4-5-13(2,7-14)9-8(15)6-18-11(10(9)16)12(17)19/h6H,3-5,7H2,1-2H3,(H2,17,19). The molecule has 2 N–H and O–H groups in total. The molecule has 0 spiro atoms. The van der Waals surface area contributed by atoms with E-state index < -0.39 is 28.7 Å². The van der Waals surface area contributed by atoms with Crippen LogP contribution in [0.3, 0.4) is 0 Å². The van der Waals surface area contributed by atoms with Crippen molar-refractivity contribution in [2.24, 2.45) is 5.73 Å². The summed E-state index contributed by atoms with van der Waals surface area (Å²) in [5.74, 6) is -2.79. The number of halogens is 3. The highest BCUT2D eigenvalue weighted by Crippen LogP contribution is 2.35. The van der Waals surface area contributed by atoms with Gasteiger partial charge in [0.2, 0.25) is 0 Å². The molecule has 0 saturated carbocycles. The van der Waals surface area contributed by atoms with Crippen LogP contribution < -0.4 is 5.73 Å². The number of hydrogen-bond donors (Lipinski definition) is 1. The molecule has 1 rings (SSSR count). The van der Waals surface area contributed by atoms with E-state index in [0.29, 0.717) is 6.42 Å². The Kier molecular flexibility index (Phi) is 5.23. The van der Waals surface area contributed by atoms with Gasteiger partial charge in [-0.1, -0.05) is 26.7 Å². The summed E-state index contributed by atoms with van der Waals surface area (Å²) in [7, 11) is 0. The Bertz CT molecular complexity index is 482. The molecule has 0 aliphatic carbocycles. The van der Waals surface area contributed by atoms with Crippen molar-refractivity contribution in [3.05, 3.63) is 29.1 Å². The molecule has 0 fully saturated rings. The van der Waals surface area contributed by atoms with E-state index in [1.54, 1.807) is 6.92 Å². The van der Waals surface area contributed by atoms with Crippen LogP contribution in [0.4, 0.5) is 8.78 Å². The van der Waals surface area contributed by atoms with Gasteiger partial charge < -0.3 is 5.73 Å². The van der Waals surface area contributed by atoms with Gasteiger partial charge in [0, 0.05) is 16.9 Å². The Balaban J connectivity index is 3.37. The molecular formula is C13H17ClF2N2O. The van der Waals surface area contributed by atoms with Gasteiger partial charge in [-0.25, -0.2) is 13.8 Å². The Hall–Kier alpha value is -1.23. The number of rotatable bonds is 6. The summed E-state index contributed by atoms with van der Waals surface area (Å²) in [6.07, 6.45) is 2.98. The fourth-order valence-electron chi connectivity index (χ4n) is 2.02. The molecule has 1 unspecified atom stereocenters. The predicted molar refractivity (Wildman–Crippen MR) is 70.3 cm³/mol. The zero-order valence-corrected chi connectivity index (χ0v) is 11.7. The summed E-state index contributed by atoms with van der Waals surface area (Å²) in [6, 6.07) is 0. The summed E-state index contributed by atoms with van der Waals surface area (Å²) in [6.45, 7) is 3.64. The second-order valence-corrected chi connectivity index (χ2v) is 5.07. The molecular weight excluding hydrogens is 274 g/mol. The lowest BCUT2D eigenvalue weighted by Crippen LogP contribution is -2.29. The molecule has 1 heterocycles. The SMILES string of the molecule is CCCCC(C)(CCl)c1c(F)cnc(C(N)=O)c1F. The van der Waals surface area contributed by atoms with E-state index in [9.17, 15) is 13.6 Å². The average Bonchev–Trinajstić information content (AvgIpc) is 2.36. The number of amides is 1. The molecule has 1 aromatic rings. The minimum atomic E-state index is -1.02. The maximum Gasteiger partial charge on any atom is 0.270 e. The van der Waals surface area contributed by atoms with E-state index in [2.05, 4.69) is 4.98 Å². The van der Waals surface area contributed by atoms with Crippen molar-refractivity contribution in [3.8, 4) is 0 Å². The molecule has 0 aromatic carbocycles. The normalized spacial score (nSPS) is 14.2. The van der Waals surface area contributed by atoms with Crippen LogP contribution in [0.5, 0.6) is 0 Å².